The smallest absolute Gasteiger partial charge is 0.249 e. The van der Waals surface area contributed by atoms with Crippen molar-refractivity contribution in [3.8, 4) is 0 Å². The van der Waals surface area contributed by atoms with Crippen LogP contribution < -0.4 is 10.6 Å². The van der Waals surface area contributed by atoms with Crippen LogP contribution in [0.4, 0.5) is 5.95 Å². The van der Waals surface area contributed by atoms with Gasteiger partial charge in [0, 0.05) is 6.54 Å². The summed E-state index contributed by atoms with van der Waals surface area (Å²) in [6, 6.07) is 0. The fourth-order valence-corrected chi connectivity index (χ4v) is 1.77. The highest BCUT2D eigenvalue weighted by Crippen LogP contribution is 2.25. The van der Waals surface area contributed by atoms with E-state index >= 15 is 0 Å². The van der Waals surface area contributed by atoms with Gasteiger partial charge in [-0.2, -0.15) is 5.10 Å². The average Bonchev–Trinajstić information content (AvgIpc) is 2.72. The molecule has 1 aliphatic rings. The van der Waals surface area contributed by atoms with Crippen molar-refractivity contribution in [1.29, 1.82) is 0 Å². The summed E-state index contributed by atoms with van der Waals surface area (Å²) in [7, 11) is 0. The first kappa shape index (κ1) is 11.9. The molecule has 1 atom stereocenters. The Morgan fingerprint density at radius 2 is 2.12 bits per heavy atom. The molecule has 1 saturated heterocycles. The number of anilines is 1. The zero-order valence-electron chi connectivity index (χ0n) is 10.4. The molecule has 6 nitrogen and oxygen atoms in total. The van der Waals surface area contributed by atoms with Crippen molar-refractivity contribution in [2.45, 2.75) is 27.2 Å². The highest BCUT2D eigenvalue weighted by molar-refractivity contribution is 5.94. The van der Waals surface area contributed by atoms with Gasteiger partial charge in [0.05, 0.1) is 16.8 Å². The molecule has 17 heavy (non-hydrogen) atoms. The number of amides is 1. The zero-order valence-corrected chi connectivity index (χ0v) is 10.4. The van der Waals surface area contributed by atoms with Gasteiger partial charge in [-0.1, -0.05) is 0 Å². The summed E-state index contributed by atoms with van der Waals surface area (Å²) in [6.07, 6.45) is 0.830. The lowest BCUT2D eigenvalue weighted by atomic mass is 9.89. The first-order valence-corrected chi connectivity index (χ1v) is 5.71. The molecule has 1 aromatic heterocycles. The summed E-state index contributed by atoms with van der Waals surface area (Å²) in [5.74, 6) is 0.235. The molecule has 0 aliphatic carbocycles. The lowest BCUT2D eigenvalue weighted by Gasteiger charge is -2.20. The van der Waals surface area contributed by atoms with Gasteiger partial charge in [-0.25, -0.2) is 4.98 Å². The summed E-state index contributed by atoms with van der Waals surface area (Å²) in [4.78, 5) is 16.3. The molecule has 2 rings (SSSR count). The van der Waals surface area contributed by atoms with E-state index < -0.39 is 0 Å². The molecular weight excluding hydrogens is 218 g/mol. The van der Waals surface area contributed by atoms with Crippen molar-refractivity contribution >= 4 is 11.9 Å². The van der Waals surface area contributed by atoms with Gasteiger partial charge < -0.3 is 5.32 Å². The number of hydrogen-bond donors (Lipinski definition) is 2. The van der Waals surface area contributed by atoms with Gasteiger partial charge in [-0.3, -0.25) is 10.1 Å². The topological polar surface area (TPSA) is 79.8 Å². The highest BCUT2D eigenvalue weighted by atomic mass is 16.2. The van der Waals surface area contributed by atoms with Crippen molar-refractivity contribution < 1.29 is 4.79 Å². The van der Waals surface area contributed by atoms with Gasteiger partial charge in [0.15, 0.2) is 0 Å². The van der Waals surface area contributed by atoms with Gasteiger partial charge in [-0.15, -0.1) is 5.10 Å². The summed E-state index contributed by atoms with van der Waals surface area (Å²) < 4.78 is 0. The van der Waals surface area contributed by atoms with E-state index in [1.54, 1.807) is 0 Å². The zero-order chi connectivity index (χ0) is 12.5. The number of aromatic nitrogens is 3. The van der Waals surface area contributed by atoms with E-state index in [0.717, 1.165) is 24.4 Å². The Balaban J connectivity index is 2.10. The van der Waals surface area contributed by atoms with E-state index in [4.69, 9.17) is 0 Å². The van der Waals surface area contributed by atoms with Crippen LogP contribution in [0.3, 0.4) is 0 Å². The number of aryl methyl sites for hydroxylation is 2. The minimum absolute atomic E-state index is 0.0486. The first-order chi connectivity index (χ1) is 8.01. The molecule has 6 heteroatoms. The fraction of sp³-hybridized carbons (Fsp3) is 0.636. The minimum Gasteiger partial charge on any atom is -0.316 e. The Morgan fingerprint density at radius 1 is 1.35 bits per heavy atom. The summed E-state index contributed by atoms with van der Waals surface area (Å²) in [6.45, 7) is 7.19. The molecule has 1 unspecified atom stereocenters. The van der Waals surface area contributed by atoms with Crippen LogP contribution in [0.1, 0.15) is 24.7 Å². The first-order valence-electron chi connectivity index (χ1n) is 5.71. The van der Waals surface area contributed by atoms with Gasteiger partial charge in [0.2, 0.25) is 11.9 Å². The molecule has 2 heterocycles. The third-order valence-corrected chi connectivity index (χ3v) is 3.23. The predicted molar refractivity (Wildman–Crippen MR) is 63.5 cm³/mol. The SMILES string of the molecule is Cc1nnc(NC(=O)C2(C)CCNC2)nc1C. The molecule has 0 radical (unpaired) electrons. The standard InChI is InChI=1S/C11H17N5O/c1-7-8(2)15-16-10(13-7)14-9(17)11(3)4-5-12-6-11/h12H,4-6H2,1-3H3,(H,13,14,16,17). The van der Waals surface area contributed by atoms with Crippen LogP contribution in [-0.4, -0.2) is 34.2 Å². The molecule has 1 aromatic rings. The maximum atomic E-state index is 12.1. The van der Waals surface area contributed by atoms with Crippen molar-refractivity contribution in [3.63, 3.8) is 0 Å². The monoisotopic (exact) mass is 235 g/mol. The molecule has 1 amide bonds. The number of carbonyl (C=O) groups is 1. The van der Waals surface area contributed by atoms with Gasteiger partial charge in [0.1, 0.15) is 0 Å². The molecule has 1 aliphatic heterocycles. The summed E-state index contributed by atoms with van der Waals surface area (Å²) in [5, 5.41) is 13.7. The Morgan fingerprint density at radius 3 is 2.71 bits per heavy atom. The Hall–Kier alpha value is -1.56. The Kier molecular flexibility index (Phi) is 3.06. The van der Waals surface area contributed by atoms with Crippen molar-refractivity contribution in [1.82, 2.24) is 20.5 Å². The van der Waals surface area contributed by atoms with Crippen molar-refractivity contribution in [2.75, 3.05) is 18.4 Å². The predicted octanol–water partition coefficient (Wildman–Crippen LogP) is 0.427. The number of nitrogens with one attached hydrogen (secondary N) is 2. The Labute approximate surface area is 100 Å². The number of nitrogens with zero attached hydrogens (tertiary/aromatic N) is 3. The fourth-order valence-electron chi connectivity index (χ4n) is 1.77. The molecule has 0 bridgehead atoms. The molecule has 92 valence electrons. The molecular formula is C11H17N5O. The third-order valence-electron chi connectivity index (χ3n) is 3.23. The maximum Gasteiger partial charge on any atom is 0.249 e. The maximum absolute atomic E-state index is 12.1. The summed E-state index contributed by atoms with van der Waals surface area (Å²) in [5.41, 5.74) is 1.18. The van der Waals surface area contributed by atoms with E-state index in [-0.39, 0.29) is 17.3 Å². The minimum atomic E-state index is -0.373. The molecule has 2 N–H and O–H groups in total. The van der Waals surface area contributed by atoms with Crippen LogP contribution in [0.5, 0.6) is 0 Å². The van der Waals surface area contributed by atoms with E-state index in [2.05, 4.69) is 25.8 Å². The highest BCUT2D eigenvalue weighted by Gasteiger charge is 2.36. The summed E-state index contributed by atoms with van der Waals surface area (Å²) >= 11 is 0. The average molecular weight is 235 g/mol. The molecule has 0 aromatic carbocycles. The van der Waals surface area contributed by atoms with Crippen LogP contribution in [0.15, 0.2) is 0 Å². The van der Waals surface area contributed by atoms with Crippen LogP contribution in [0.2, 0.25) is 0 Å². The van der Waals surface area contributed by atoms with Gasteiger partial charge in [0.25, 0.3) is 0 Å². The van der Waals surface area contributed by atoms with E-state index in [0.29, 0.717) is 6.54 Å². The second-order valence-corrected chi connectivity index (χ2v) is 4.75. The molecule has 1 fully saturated rings. The number of hydrogen-bond acceptors (Lipinski definition) is 5. The number of carbonyl (C=O) groups excluding carboxylic acids is 1. The second-order valence-electron chi connectivity index (χ2n) is 4.75. The number of rotatable bonds is 2. The molecule has 0 spiro atoms. The van der Waals surface area contributed by atoms with Crippen LogP contribution in [-0.2, 0) is 4.79 Å². The van der Waals surface area contributed by atoms with E-state index in [1.165, 1.54) is 0 Å². The largest absolute Gasteiger partial charge is 0.316 e. The van der Waals surface area contributed by atoms with Gasteiger partial charge in [-0.05, 0) is 33.7 Å². The van der Waals surface area contributed by atoms with E-state index in [9.17, 15) is 4.79 Å². The lowest BCUT2D eigenvalue weighted by molar-refractivity contribution is -0.123. The normalized spacial score (nSPS) is 23.7. The van der Waals surface area contributed by atoms with Crippen molar-refractivity contribution in [3.05, 3.63) is 11.4 Å². The van der Waals surface area contributed by atoms with Crippen molar-refractivity contribution in [2.24, 2.45) is 5.41 Å². The van der Waals surface area contributed by atoms with Crippen LogP contribution in [0.25, 0.3) is 0 Å². The molecule has 0 saturated carbocycles. The van der Waals surface area contributed by atoms with E-state index in [1.807, 2.05) is 20.8 Å². The van der Waals surface area contributed by atoms with Gasteiger partial charge >= 0.3 is 0 Å². The lowest BCUT2D eigenvalue weighted by Crippen LogP contribution is -2.36. The third kappa shape index (κ3) is 2.41. The Bertz CT molecular complexity index is 439. The quantitative estimate of drug-likeness (QED) is 0.777. The second kappa shape index (κ2) is 4.37. The van der Waals surface area contributed by atoms with Crippen LogP contribution in [0, 0.1) is 19.3 Å². The van der Waals surface area contributed by atoms with Crippen LogP contribution >= 0.6 is 0 Å².